The second kappa shape index (κ2) is 7.05. The largest absolute Gasteiger partial charge is 0.481 e. The molecule has 0 aliphatic heterocycles. The van der Waals surface area contributed by atoms with Gasteiger partial charge in [-0.15, -0.1) is 0 Å². The highest BCUT2D eigenvalue weighted by molar-refractivity contribution is 7.58. The third-order valence-corrected chi connectivity index (χ3v) is 5.87. The van der Waals surface area contributed by atoms with Gasteiger partial charge in [0.2, 0.25) is 7.37 Å². The van der Waals surface area contributed by atoms with Crippen molar-refractivity contribution < 1.29 is 19.4 Å². The van der Waals surface area contributed by atoms with Crippen LogP contribution in [0.2, 0.25) is 0 Å². The number of aryl methyl sites for hydroxylation is 1. The molecular weight excluding hydrogens is 301 g/mol. The number of fused-ring (bicyclic) bond motifs is 1. The average molecular weight is 321 g/mol. The number of hydrogen-bond acceptors (Lipinski definition) is 3. The molecule has 22 heavy (non-hydrogen) atoms. The highest BCUT2D eigenvalue weighted by Gasteiger charge is 2.27. The van der Waals surface area contributed by atoms with Crippen LogP contribution in [0.3, 0.4) is 0 Å². The molecule has 2 atom stereocenters. The molecule has 0 aliphatic rings. The zero-order valence-electron chi connectivity index (χ0n) is 12.2. The predicted octanol–water partition coefficient (Wildman–Crippen LogP) is 2.80. The molecule has 2 unspecified atom stereocenters. The van der Waals surface area contributed by atoms with Gasteiger partial charge in [0.25, 0.3) is 0 Å². The summed E-state index contributed by atoms with van der Waals surface area (Å²) in [5.41, 5.74) is 6.65. The fourth-order valence-electron chi connectivity index (χ4n) is 2.32. The maximum Gasteiger partial charge on any atom is 0.303 e. The summed E-state index contributed by atoms with van der Waals surface area (Å²) < 4.78 is 12.2. The number of carbonyl (C=O) groups is 1. The molecule has 0 amide bonds. The minimum absolute atomic E-state index is 0.0147. The summed E-state index contributed by atoms with van der Waals surface area (Å²) in [7, 11) is -3.55. The Morgan fingerprint density at radius 3 is 2.55 bits per heavy atom. The molecule has 0 fully saturated rings. The van der Waals surface area contributed by atoms with E-state index in [4.69, 9.17) is 10.8 Å². The normalized spacial score (nSPS) is 15.4. The van der Waals surface area contributed by atoms with E-state index in [1.165, 1.54) is 0 Å². The van der Waals surface area contributed by atoms with Gasteiger partial charge in [-0.25, -0.2) is 0 Å². The summed E-state index contributed by atoms with van der Waals surface area (Å²) in [5.74, 6) is -1.99. The number of benzene rings is 2. The van der Waals surface area contributed by atoms with Gasteiger partial charge in [0, 0.05) is 12.6 Å². The van der Waals surface area contributed by atoms with Crippen LogP contribution in [0, 0.1) is 0 Å². The Bertz CT molecular complexity index is 716. The summed E-state index contributed by atoms with van der Waals surface area (Å²) in [6, 6.07) is 13.8. The van der Waals surface area contributed by atoms with Crippen molar-refractivity contribution in [2.75, 3.05) is 6.16 Å². The molecule has 5 nitrogen and oxygen atoms in total. The fraction of sp³-hybridized carbons (Fsp3) is 0.312. The molecule has 118 valence electrons. The molecular formula is C16H20NO4P. The Hall–Kier alpha value is -1.68. The van der Waals surface area contributed by atoms with Gasteiger partial charge in [0.05, 0.1) is 5.78 Å². The molecule has 0 aromatic heterocycles. The highest BCUT2D eigenvalue weighted by atomic mass is 31.2. The molecule has 6 heteroatoms. The molecule has 0 spiro atoms. The van der Waals surface area contributed by atoms with E-state index in [-0.39, 0.29) is 19.0 Å². The van der Waals surface area contributed by atoms with Gasteiger partial charge in [-0.1, -0.05) is 42.5 Å². The Morgan fingerprint density at radius 1 is 1.18 bits per heavy atom. The Balaban J connectivity index is 2.00. The van der Waals surface area contributed by atoms with Gasteiger partial charge in [-0.2, -0.15) is 0 Å². The van der Waals surface area contributed by atoms with E-state index < -0.39 is 19.1 Å². The molecule has 0 saturated carbocycles. The average Bonchev–Trinajstić information content (AvgIpc) is 2.50. The van der Waals surface area contributed by atoms with Crippen LogP contribution < -0.4 is 5.73 Å². The van der Waals surface area contributed by atoms with E-state index in [2.05, 4.69) is 0 Å². The van der Waals surface area contributed by atoms with Crippen LogP contribution in [0.4, 0.5) is 0 Å². The van der Waals surface area contributed by atoms with E-state index >= 15 is 0 Å². The Labute approximate surface area is 129 Å². The zero-order valence-corrected chi connectivity index (χ0v) is 13.1. The van der Waals surface area contributed by atoms with Crippen molar-refractivity contribution in [2.24, 2.45) is 5.73 Å². The summed E-state index contributed by atoms with van der Waals surface area (Å²) in [6.07, 6.45) is 0.327. The lowest BCUT2D eigenvalue weighted by Gasteiger charge is -2.18. The van der Waals surface area contributed by atoms with Crippen LogP contribution in [0.5, 0.6) is 0 Å². The topological polar surface area (TPSA) is 101 Å². The van der Waals surface area contributed by atoms with Crippen molar-refractivity contribution in [1.82, 2.24) is 0 Å². The van der Waals surface area contributed by atoms with Crippen LogP contribution in [-0.4, -0.2) is 27.9 Å². The lowest BCUT2D eigenvalue weighted by molar-refractivity contribution is -0.137. The number of carboxylic acid groups (broad SMARTS) is 1. The van der Waals surface area contributed by atoms with Gasteiger partial charge >= 0.3 is 5.97 Å². The molecule has 0 radical (unpaired) electrons. The SMILES string of the molecule is NC(CCC(=O)O)P(=O)(O)CCc1ccc2ccccc2c1. The Kier molecular flexibility index (Phi) is 5.35. The van der Waals surface area contributed by atoms with Gasteiger partial charge in [0.15, 0.2) is 0 Å². The van der Waals surface area contributed by atoms with E-state index in [1.807, 2.05) is 42.5 Å². The first-order valence-electron chi connectivity index (χ1n) is 7.15. The van der Waals surface area contributed by atoms with Crippen LogP contribution in [0.15, 0.2) is 42.5 Å². The molecule has 0 saturated heterocycles. The smallest absolute Gasteiger partial charge is 0.303 e. The van der Waals surface area contributed by atoms with Gasteiger partial charge in [0.1, 0.15) is 0 Å². The molecule has 2 rings (SSSR count). The van der Waals surface area contributed by atoms with E-state index in [0.717, 1.165) is 16.3 Å². The monoisotopic (exact) mass is 321 g/mol. The van der Waals surface area contributed by atoms with Gasteiger partial charge in [-0.3, -0.25) is 9.36 Å². The summed E-state index contributed by atoms with van der Waals surface area (Å²) in [6.45, 7) is 0. The maximum atomic E-state index is 12.2. The molecule has 0 bridgehead atoms. The first kappa shape index (κ1) is 16.7. The van der Waals surface area contributed by atoms with Crippen LogP contribution in [0.1, 0.15) is 18.4 Å². The van der Waals surface area contributed by atoms with Crippen LogP contribution >= 0.6 is 7.37 Å². The summed E-state index contributed by atoms with van der Waals surface area (Å²) in [4.78, 5) is 20.5. The second-order valence-electron chi connectivity index (χ2n) is 5.41. The van der Waals surface area contributed by atoms with Crippen molar-refractivity contribution in [3.8, 4) is 0 Å². The third kappa shape index (κ3) is 4.41. The predicted molar refractivity (Wildman–Crippen MR) is 87.2 cm³/mol. The van der Waals surface area contributed by atoms with Crippen molar-refractivity contribution in [3.63, 3.8) is 0 Å². The lowest BCUT2D eigenvalue weighted by atomic mass is 10.1. The quantitative estimate of drug-likeness (QED) is 0.681. The third-order valence-electron chi connectivity index (χ3n) is 3.71. The number of carboxylic acids is 1. The van der Waals surface area contributed by atoms with E-state index in [1.54, 1.807) is 0 Å². The highest BCUT2D eigenvalue weighted by Crippen LogP contribution is 2.46. The van der Waals surface area contributed by atoms with Gasteiger partial charge < -0.3 is 15.7 Å². The minimum atomic E-state index is -3.55. The molecule has 2 aromatic carbocycles. The van der Waals surface area contributed by atoms with E-state index in [0.29, 0.717) is 6.42 Å². The zero-order chi connectivity index (χ0) is 16.2. The van der Waals surface area contributed by atoms with Crippen molar-refractivity contribution in [1.29, 1.82) is 0 Å². The number of nitrogens with two attached hydrogens (primary N) is 1. The van der Waals surface area contributed by atoms with Crippen LogP contribution in [0.25, 0.3) is 10.8 Å². The molecule has 0 aliphatic carbocycles. The second-order valence-corrected chi connectivity index (χ2v) is 8.03. The molecule has 2 aromatic rings. The lowest BCUT2D eigenvalue weighted by Crippen LogP contribution is -2.23. The maximum absolute atomic E-state index is 12.2. The Morgan fingerprint density at radius 2 is 1.86 bits per heavy atom. The van der Waals surface area contributed by atoms with Crippen LogP contribution in [-0.2, 0) is 15.8 Å². The number of aliphatic carboxylic acids is 1. The molecule has 0 heterocycles. The van der Waals surface area contributed by atoms with Crippen molar-refractivity contribution in [3.05, 3.63) is 48.0 Å². The first-order chi connectivity index (χ1) is 10.4. The van der Waals surface area contributed by atoms with Gasteiger partial charge in [-0.05, 0) is 29.2 Å². The fourth-order valence-corrected chi connectivity index (χ4v) is 3.77. The van der Waals surface area contributed by atoms with Crippen molar-refractivity contribution >= 4 is 24.1 Å². The number of rotatable bonds is 7. The van der Waals surface area contributed by atoms with Crippen molar-refractivity contribution in [2.45, 2.75) is 25.0 Å². The minimum Gasteiger partial charge on any atom is -0.481 e. The standard InChI is InChI=1S/C16H20NO4P/c17-15(7-8-16(18)19)22(20,21)10-9-12-5-6-13-3-1-2-4-14(13)11-12/h1-6,11,15H,7-10,17H2,(H,18,19)(H,20,21). The molecule has 4 N–H and O–H groups in total. The summed E-state index contributed by atoms with van der Waals surface area (Å²) in [5, 5.41) is 10.8. The van der Waals surface area contributed by atoms with E-state index in [9.17, 15) is 14.3 Å². The first-order valence-corrected chi connectivity index (χ1v) is 9.06. The summed E-state index contributed by atoms with van der Waals surface area (Å²) >= 11 is 0. The number of hydrogen-bond donors (Lipinski definition) is 3.